The van der Waals surface area contributed by atoms with Gasteiger partial charge in [-0.15, -0.1) is 0 Å². The van der Waals surface area contributed by atoms with Crippen LogP contribution in [0.4, 0.5) is 0 Å². The van der Waals surface area contributed by atoms with E-state index in [0.717, 1.165) is 0 Å². The standard InChI is InChI=1S/Al.3BO2/c;3*2-1-3/q+3;3*-1. The monoisotopic (exact) mass is 156 g/mol. The van der Waals surface area contributed by atoms with Gasteiger partial charge in [-0.2, -0.15) is 0 Å². The zero-order valence-electron chi connectivity index (χ0n) is 4.76. The summed E-state index contributed by atoms with van der Waals surface area (Å²) in [6.45, 7) is 0. The minimum atomic E-state index is -0.500. The first-order valence-corrected chi connectivity index (χ1v) is 1.41. The molecule has 0 amide bonds. The SMILES string of the molecule is O=B[O-].O=B[O-].O=B[O-].[Al+3]. The molecule has 0 saturated carbocycles. The molecule has 0 heterocycles. The van der Waals surface area contributed by atoms with E-state index in [0.29, 0.717) is 0 Å². The molecule has 0 bridgehead atoms. The molecule has 0 rings (SSSR count). The van der Waals surface area contributed by atoms with Gasteiger partial charge in [0.2, 0.25) is 0 Å². The van der Waals surface area contributed by atoms with Crippen LogP contribution in [-0.2, 0) is 14.1 Å². The fourth-order valence-corrected chi connectivity index (χ4v) is 0. The van der Waals surface area contributed by atoms with Crippen molar-refractivity contribution >= 4 is 39.4 Å². The zero-order valence-corrected chi connectivity index (χ0v) is 5.91. The summed E-state index contributed by atoms with van der Waals surface area (Å²) in [5.41, 5.74) is 0. The van der Waals surface area contributed by atoms with Gasteiger partial charge in [0.05, 0.1) is 0 Å². The Kier molecular flexibility index (Phi) is 172. The molecule has 0 aliphatic heterocycles. The first-order chi connectivity index (χ1) is 4.24. The van der Waals surface area contributed by atoms with Gasteiger partial charge in [-0.25, -0.2) is 0 Å². The van der Waals surface area contributed by atoms with Crippen LogP contribution >= 0.6 is 0 Å². The number of rotatable bonds is 0. The predicted molar refractivity (Wildman–Crippen MR) is 25.1 cm³/mol. The van der Waals surface area contributed by atoms with Crippen molar-refractivity contribution in [3.8, 4) is 0 Å². The van der Waals surface area contributed by atoms with Gasteiger partial charge < -0.3 is 0 Å². The van der Waals surface area contributed by atoms with Crippen LogP contribution in [-0.4, -0.2) is 39.4 Å². The second-order valence-electron chi connectivity index (χ2n) is 0.289. The molecule has 0 atom stereocenters. The van der Waals surface area contributed by atoms with Gasteiger partial charge in [0, 0.05) is 0 Å². The Labute approximate surface area is 69.2 Å². The van der Waals surface area contributed by atoms with Gasteiger partial charge >= 0.3 is 68.6 Å². The van der Waals surface area contributed by atoms with Crippen LogP contribution in [0.15, 0.2) is 0 Å². The third-order valence-corrected chi connectivity index (χ3v) is 0. The van der Waals surface area contributed by atoms with E-state index in [-0.39, 0.29) is 17.4 Å². The molecular weight excluding hydrogens is 155 g/mol. The van der Waals surface area contributed by atoms with Crippen molar-refractivity contribution in [3.63, 3.8) is 0 Å². The molecule has 0 spiro atoms. The largest absolute Gasteiger partial charge is 3.00 e. The van der Waals surface area contributed by atoms with Crippen molar-refractivity contribution in [2.45, 2.75) is 0 Å². The molecule has 0 aromatic heterocycles. The first kappa shape index (κ1) is 22.7. The van der Waals surface area contributed by atoms with E-state index in [2.05, 4.69) is 0 Å². The van der Waals surface area contributed by atoms with E-state index >= 15 is 0 Å². The summed E-state index contributed by atoms with van der Waals surface area (Å²) >= 11 is 0. The van der Waals surface area contributed by atoms with Crippen LogP contribution in [0, 0.1) is 0 Å². The van der Waals surface area contributed by atoms with Crippen molar-refractivity contribution in [1.29, 1.82) is 0 Å². The third-order valence-electron chi connectivity index (χ3n) is 0. The fourth-order valence-electron chi connectivity index (χ4n) is 0. The van der Waals surface area contributed by atoms with Gasteiger partial charge in [0.25, 0.3) is 0 Å². The molecule has 0 N–H and O–H groups in total. The van der Waals surface area contributed by atoms with E-state index in [9.17, 15) is 0 Å². The van der Waals surface area contributed by atoms with Crippen molar-refractivity contribution in [3.05, 3.63) is 0 Å². The minimum Gasteiger partial charge on any atom is 3.00 e. The molecule has 6 nitrogen and oxygen atoms in total. The van der Waals surface area contributed by atoms with Crippen LogP contribution in [0.2, 0.25) is 0 Å². The average Bonchev–Trinajstić information content (AvgIpc) is 1.70. The molecule has 0 radical (unpaired) electrons. The van der Waals surface area contributed by atoms with Gasteiger partial charge in [0.15, 0.2) is 0 Å². The predicted octanol–water partition coefficient (Wildman–Crippen LogP) is -5.45. The van der Waals surface area contributed by atoms with Gasteiger partial charge in [-0.05, 0) is 0 Å². The summed E-state index contributed by atoms with van der Waals surface area (Å²) in [6.07, 6.45) is 0. The van der Waals surface area contributed by atoms with Crippen molar-refractivity contribution < 1.29 is 29.2 Å². The molecule has 0 aliphatic rings. The van der Waals surface area contributed by atoms with Gasteiger partial charge in [0.1, 0.15) is 0 Å². The topological polar surface area (TPSA) is 120 Å². The Bertz CT molecular complexity index is 49.7. The van der Waals surface area contributed by atoms with Gasteiger partial charge in [-0.1, -0.05) is 0 Å². The van der Waals surface area contributed by atoms with Crippen LogP contribution in [0.25, 0.3) is 0 Å². The van der Waals surface area contributed by atoms with E-state index in [4.69, 9.17) is 29.2 Å². The molecule has 0 saturated heterocycles. The summed E-state index contributed by atoms with van der Waals surface area (Å²) in [4.78, 5) is 0. The molecule has 0 aliphatic carbocycles. The second-order valence-corrected chi connectivity index (χ2v) is 0.289. The van der Waals surface area contributed by atoms with E-state index < -0.39 is 22.1 Å². The maximum Gasteiger partial charge on any atom is 3.00 e. The summed E-state index contributed by atoms with van der Waals surface area (Å²) in [5.74, 6) is 0. The van der Waals surface area contributed by atoms with Crippen molar-refractivity contribution in [2.24, 2.45) is 0 Å². The Morgan fingerprint density at radius 3 is 0.700 bits per heavy atom. The van der Waals surface area contributed by atoms with Crippen LogP contribution in [0.1, 0.15) is 0 Å². The Morgan fingerprint density at radius 1 is 0.700 bits per heavy atom. The summed E-state index contributed by atoms with van der Waals surface area (Å²) in [7, 11) is -1.50. The quantitative estimate of drug-likeness (QED) is 0.322. The Morgan fingerprint density at radius 2 is 0.700 bits per heavy atom. The summed E-state index contributed by atoms with van der Waals surface area (Å²) in [5, 5.41) is 24.8. The minimum absolute atomic E-state index is 0. The third kappa shape index (κ3) is 1440. The molecule has 0 aromatic rings. The summed E-state index contributed by atoms with van der Waals surface area (Å²) < 4.78 is 24.8. The normalized spacial score (nSPS) is 2.40. The molecule has 0 aromatic carbocycles. The van der Waals surface area contributed by atoms with Crippen molar-refractivity contribution in [2.75, 3.05) is 0 Å². The first-order valence-electron chi connectivity index (χ1n) is 1.41. The number of hydrogen-bond acceptors (Lipinski definition) is 6. The molecule has 0 unspecified atom stereocenters. The molecule has 10 heavy (non-hydrogen) atoms. The zero-order chi connectivity index (χ0) is 8.12. The Balaban J connectivity index is -0.0000000257. The molecule has 48 valence electrons. The smallest absolute Gasteiger partial charge is 3.00 e. The van der Waals surface area contributed by atoms with Crippen LogP contribution < -0.4 is 15.1 Å². The summed E-state index contributed by atoms with van der Waals surface area (Å²) in [6, 6.07) is 0. The average molecular weight is 155 g/mol. The fraction of sp³-hybridized carbons (Fsp3) is 0. The van der Waals surface area contributed by atoms with E-state index in [1.54, 1.807) is 0 Å². The van der Waals surface area contributed by atoms with Gasteiger partial charge in [-0.3, -0.25) is 0 Å². The van der Waals surface area contributed by atoms with E-state index in [1.165, 1.54) is 0 Å². The van der Waals surface area contributed by atoms with Crippen molar-refractivity contribution in [1.82, 2.24) is 0 Å². The van der Waals surface area contributed by atoms with Crippen LogP contribution in [0.5, 0.6) is 0 Å². The molecular formula is AlB3O6. The second kappa shape index (κ2) is 75.6. The Hall–Kier alpha value is -0.473. The molecule has 0 fully saturated rings. The number of hydrogen-bond donors (Lipinski definition) is 0. The van der Waals surface area contributed by atoms with E-state index in [1.807, 2.05) is 0 Å². The maximum atomic E-state index is 8.25. The maximum absolute atomic E-state index is 8.25. The molecule has 10 heteroatoms. The van der Waals surface area contributed by atoms with Crippen LogP contribution in [0.3, 0.4) is 0 Å².